The molecule has 1 aromatic carbocycles. The molecule has 0 amide bonds. The van der Waals surface area contributed by atoms with E-state index in [1.165, 1.54) is 22.5 Å². The minimum atomic E-state index is -3.75. The van der Waals surface area contributed by atoms with Crippen LogP contribution in [0.25, 0.3) is 0 Å². The number of rotatable bonds is 3. The first-order valence-electron chi connectivity index (χ1n) is 9.26. The highest BCUT2D eigenvalue weighted by atomic mass is 32.2. The lowest BCUT2D eigenvalue weighted by Gasteiger charge is -2.35. The van der Waals surface area contributed by atoms with Gasteiger partial charge in [-0.25, -0.2) is 12.8 Å². The molecule has 0 saturated carbocycles. The molecule has 1 aromatic heterocycles. The van der Waals surface area contributed by atoms with E-state index in [4.69, 9.17) is 0 Å². The summed E-state index contributed by atoms with van der Waals surface area (Å²) in [6.45, 7) is 4.42. The second kappa shape index (κ2) is 6.96. The van der Waals surface area contributed by atoms with Gasteiger partial charge in [-0.3, -0.25) is 4.90 Å². The maximum Gasteiger partial charge on any atom is 0.244 e. The van der Waals surface area contributed by atoms with E-state index in [-0.39, 0.29) is 10.9 Å². The third-order valence-corrected chi connectivity index (χ3v) is 7.52. The molecule has 1 saturated heterocycles. The highest BCUT2D eigenvalue weighted by Crippen LogP contribution is 2.36. The smallest absolute Gasteiger partial charge is 0.244 e. The predicted octanol–water partition coefficient (Wildman–Crippen LogP) is 2.09. The molecule has 0 N–H and O–H groups in total. The van der Waals surface area contributed by atoms with Crippen molar-refractivity contribution in [2.45, 2.75) is 50.2 Å². The summed E-state index contributed by atoms with van der Waals surface area (Å²) in [7, 11) is -1.71. The SMILES string of the molecule is Cc1cc(F)ccc1S(=O)(=O)N1CCCCC1c1nnc2n1CCN(C)C2. The van der Waals surface area contributed by atoms with Crippen molar-refractivity contribution >= 4 is 10.0 Å². The quantitative estimate of drug-likeness (QED) is 0.799. The van der Waals surface area contributed by atoms with E-state index >= 15 is 0 Å². The molecular formula is C18H24FN5O2S. The number of sulfonamides is 1. The second-order valence-electron chi connectivity index (χ2n) is 7.40. The summed E-state index contributed by atoms with van der Waals surface area (Å²) >= 11 is 0. The van der Waals surface area contributed by atoms with Gasteiger partial charge in [0.05, 0.1) is 17.5 Å². The van der Waals surface area contributed by atoms with Crippen LogP contribution in [0.1, 0.15) is 42.5 Å². The number of hydrogen-bond acceptors (Lipinski definition) is 5. The van der Waals surface area contributed by atoms with Crippen LogP contribution >= 0.6 is 0 Å². The van der Waals surface area contributed by atoms with Crippen molar-refractivity contribution in [2.24, 2.45) is 0 Å². The molecule has 27 heavy (non-hydrogen) atoms. The van der Waals surface area contributed by atoms with Gasteiger partial charge in [0.25, 0.3) is 0 Å². The highest BCUT2D eigenvalue weighted by molar-refractivity contribution is 7.89. The minimum absolute atomic E-state index is 0.161. The largest absolute Gasteiger partial charge is 0.311 e. The molecule has 0 radical (unpaired) electrons. The molecule has 4 rings (SSSR count). The number of benzene rings is 1. The Balaban J connectivity index is 1.73. The first-order chi connectivity index (χ1) is 12.9. The predicted molar refractivity (Wildman–Crippen MR) is 98.0 cm³/mol. The second-order valence-corrected chi connectivity index (χ2v) is 9.26. The Labute approximate surface area is 158 Å². The number of likely N-dealkylation sites (N-methyl/N-ethyl adjacent to an activating group) is 1. The van der Waals surface area contributed by atoms with Crippen LogP contribution in [0.4, 0.5) is 4.39 Å². The van der Waals surface area contributed by atoms with Gasteiger partial charge in [-0.05, 0) is 50.6 Å². The zero-order valence-electron chi connectivity index (χ0n) is 15.6. The summed E-state index contributed by atoms with van der Waals surface area (Å²) in [5.41, 5.74) is 0.421. The maximum absolute atomic E-state index is 13.5. The van der Waals surface area contributed by atoms with E-state index in [1.807, 2.05) is 7.05 Å². The number of aromatic nitrogens is 3. The van der Waals surface area contributed by atoms with Crippen molar-refractivity contribution in [3.63, 3.8) is 0 Å². The van der Waals surface area contributed by atoms with E-state index in [0.29, 0.717) is 25.1 Å². The number of hydrogen-bond donors (Lipinski definition) is 0. The van der Waals surface area contributed by atoms with Crippen molar-refractivity contribution in [1.82, 2.24) is 24.0 Å². The van der Waals surface area contributed by atoms with Gasteiger partial charge < -0.3 is 4.57 Å². The number of aryl methyl sites for hydroxylation is 1. The normalized spacial score (nSPS) is 22.0. The minimum Gasteiger partial charge on any atom is -0.311 e. The van der Waals surface area contributed by atoms with Crippen molar-refractivity contribution in [3.8, 4) is 0 Å². The Morgan fingerprint density at radius 1 is 1.15 bits per heavy atom. The summed E-state index contributed by atoms with van der Waals surface area (Å²) in [4.78, 5) is 2.33. The Hall–Kier alpha value is -1.84. The molecule has 2 aliphatic heterocycles. The monoisotopic (exact) mass is 393 g/mol. The van der Waals surface area contributed by atoms with Crippen LogP contribution < -0.4 is 0 Å². The molecule has 1 unspecified atom stereocenters. The fourth-order valence-corrected chi connectivity index (χ4v) is 5.89. The lowest BCUT2D eigenvalue weighted by atomic mass is 10.0. The van der Waals surface area contributed by atoms with Crippen LogP contribution in [0.2, 0.25) is 0 Å². The van der Waals surface area contributed by atoms with Crippen LogP contribution in [0, 0.1) is 12.7 Å². The first-order valence-corrected chi connectivity index (χ1v) is 10.7. The Morgan fingerprint density at radius 2 is 1.96 bits per heavy atom. The van der Waals surface area contributed by atoms with Crippen molar-refractivity contribution in [3.05, 3.63) is 41.2 Å². The number of piperidine rings is 1. The summed E-state index contributed by atoms with van der Waals surface area (Å²) in [6.07, 6.45) is 2.47. The van der Waals surface area contributed by atoms with Crippen LogP contribution in [-0.2, 0) is 23.1 Å². The maximum atomic E-state index is 13.5. The molecule has 0 bridgehead atoms. The molecular weight excluding hydrogens is 369 g/mol. The third-order valence-electron chi connectivity index (χ3n) is 5.45. The fraction of sp³-hybridized carbons (Fsp3) is 0.556. The highest BCUT2D eigenvalue weighted by Gasteiger charge is 2.38. The average molecular weight is 393 g/mol. The lowest BCUT2D eigenvalue weighted by molar-refractivity contribution is 0.224. The summed E-state index contributed by atoms with van der Waals surface area (Å²) in [5, 5.41) is 8.67. The van der Waals surface area contributed by atoms with E-state index in [0.717, 1.165) is 37.6 Å². The molecule has 7 nitrogen and oxygen atoms in total. The van der Waals surface area contributed by atoms with Gasteiger partial charge in [-0.2, -0.15) is 4.31 Å². The molecule has 3 heterocycles. The van der Waals surface area contributed by atoms with Crippen molar-refractivity contribution in [1.29, 1.82) is 0 Å². The molecule has 146 valence electrons. The molecule has 9 heteroatoms. The Bertz CT molecular complexity index is 959. The summed E-state index contributed by atoms with van der Waals surface area (Å²) in [6, 6.07) is 3.49. The summed E-state index contributed by atoms with van der Waals surface area (Å²) < 4.78 is 43.8. The van der Waals surface area contributed by atoms with E-state index in [9.17, 15) is 12.8 Å². The summed E-state index contributed by atoms with van der Waals surface area (Å²) in [5.74, 6) is 1.16. The van der Waals surface area contributed by atoms with E-state index in [1.54, 1.807) is 6.92 Å². The molecule has 1 atom stereocenters. The molecule has 0 aliphatic carbocycles. The number of nitrogens with zero attached hydrogens (tertiary/aromatic N) is 5. The van der Waals surface area contributed by atoms with E-state index in [2.05, 4.69) is 19.7 Å². The van der Waals surface area contributed by atoms with E-state index < -0.39 is 15.8 Å². The van der Waals surface area contributed by atoms with Crippen LogP contribution in [-0.4, -0.2) is 52.5 Å². The van der Waals surface area contributed by atoms with Gasteiger partial charge in [0.1, 0.15) is 11.6 Å². The Kier molecular flexibility index (Phi) is 4.77. The fourth-order valence-electron chi connectivity index (χ4n) is 4.03. The zero-order chi connectivity index (χ0) is 19.2. The van der Waals surface area contributed by atoms with Crippen LogP contribution in [0.3, 0.4) is 0 Å². The third kappa shape index (κ3) is 3.28. The van der Waals surface area contributed by atoms with Crippen LogP contribution in [0.15, 0.2) is 23.1 Å². The zero-order valence-corrected chi connectivity index (χ0v) is 16.4. The van der Waals surface area contributed by atoms with Crippen molar-refractivity contribution in [2.75, 3.05) is 20.1 Å². The molecule has 1 fully saturated rings. The molecule has 2 aromatic rings. The van der Waals surface area contributed by atoms with Crippen molar-refractivity contribution < 1.29 is 12.8 Å². The van der Waals surface area contributed by atoms with Gasteiger partial charge in [0.2, 0.25) is 10.0 Å². The molecule has 0 spiro atoms. The number of halogens is 1. The number of fused-ring (bicyclic) bond motifs is 1. The van der Waals surface area contributed by atoms with Gasteiger partial charge in [-0.15, -0.1) is 10.2 Å². The lowest BCUT2D eigenvalue weighted by Crippen LogP contribution is -2.41. The topological polar surface area (TPSA) is 71.3 Å². The van der Waals surface area contributed by atoms with Gasteiger partial charge in [-0.1, -0.05) is 6.42 Å². The molecule has 2 aliphatic rings. The Morgan fingerprint density at radius 3 is 2.74 bits per heavy atom. The van der Waals surface area contributed by atoms with Gasteiger partial charge >= 0.3 is 0 Å². The first kappa shape index (κ1) is 18.5. The van der Waals surface area contributed by atoms with Gasteiger partial charge in [0.15, 0.2) is 5.82 Å². The van der Waals surface area contributed by atoms with Crippen LogP contribution in [0.5, 0.6) is 0 Å². The average Bonchev–Trinajstić information content (AvgIpc) is 3.04. The van der Waals surface area contributed by atoms with Gasteiger partial charge in [0, 0.05) is 19.6 Å². The standard InChI is InChI=1S/C18H24FN5O2S/c1-13-11-14(19)6-7-16(13)27(25,26)24-8-4-3-5-15(24)18-21-20-17-12-22(2)9-10-23(17)18/h6-7,11,15H,3-5,8-10,12H2,1-2H3.